The van der Waals surface area contributed by atoms with Crippen LogP contribution in [-0.2, 0) is 4.74 Å². The third kappa shape index (κ3) is 2.47. The van der Waals surface area contributed by atoms with E-state index in [1.165, 1.54) is 4.74 Å². The molecular formula is C11F21NO. The molecular weight excluding hydrogens is 561 g/mol. The highest BCUT2D eigenvalue weighted by atomic mass is 19.4. The lowest BCUT2D eigenvalue weighted by molar-refractivity contribution is -0.597. The SMILES string of the molecule is FC1(F)OC(F)(F)C(F)(F)N(C2(F)C(F)(F)C(F)(F)C(F)(F)C(F)(F)C(F)(F)C2(F)F)C1(F)F. The van der Waals surface area contributed by atoms with Gasteiger partial charge in [-0.2, -0.15) is 87.8 Å². The largest absolute Gasteiger partial charge is 0.439 e. The van der Waals surface area contributed by atoms with Crippen molar-refractivity contribution >= 4 is 0 Å². The first-order valence-corrected chi connectivity index (χ1v) is 7.30. The topological polar surface area (TPSA) is 12.5 Å². The van der Waals surface area contributed by atoms with Gasteiger partial charge in [0.15, 0.2) is 0 Å². The second-order valence-corrected chi connectivity index (χ2v) is 6.62. The van der Waals surface area contributed by atoms with E-state index in [9.17, 15) is 92.2 Å². The molecule has 2 aliphatic rings. The van der Waals surface area contributed by atoms with E-state index in [1.54, 1.807) is 0 Å². The standard InChI is InChI=1S/C11F21NO/c12-1(13)2(14,15)4(18,19)6(22,23)7(24,5(20,21)3(1,16)17)33-8(25,26)10(29,30)34-11(31,32)9(33,27)28. The van der Waals surface area contributed by atoms with Crippen molar-refractivity contribution in [2.45, 2.75) is 65.6 Å². The molecule has 1 saturated heterocycles. The molecule has 2 nitrogen and oxygen atoms in total. The van der Waals surface area contributed by atoms with Gasteiger partial charge in [0.2, 0.25) is 0 Å². The Morgan fingerprint density at radius 3 is 0.765 bits per heavy atom. The van der Waals surface area contributed by atoms with Gasteiger partial charge in [0.25, 0.3) is 0 Å². The molecule has 23 heteroatoms. The van der Waals surface area contributed by atoms with Crippen LogP contribution in [0.1, 0.15) is 0 Å². The average molecular weight is 561 g/mol. The normalized spacial score (nSPS) is 35.2. The van der Waals surface area contributed by atoms with Gasteiger partial charge in [-0.3, -0.25) is 0 Å². The Morgan fingerprint density at radius 2 is 0.529 bits per heavy atom. The van der Waals surface area contributed by atoms with Crippen LogP contribution in [0, 0.1) is 0 Å². The zero-order valence-electron chi connectivity index (χ0n) is 14.3. The van der Waals surface area contributed by atoms with Gasteiger partial charge >= 0.3 is 65.6 Å². The Bertz CT molecular complexity index is 795. The molecule has 0 atom stereocenters. The van der Waals surface area contributed by atoms with Gasteiger partial charge in [-0.1, -0.05) is 0 Å². The van der Waals surface area contributed by atoms with Crippen LogP contribution in [0.15, 0.2) is 0 Å². The predicted molar refractivity (Wildman–Crippen MR) is 56.2 cm³/mol. The van der Waals surface area contributed by atoms with Gasteiger partial charge in [0, 0.05) is 0 Å². The number of morpholine rings is 1. The quantitative estimate of drug-likeness (QED) is 0.216. The molecule has 2 rings (SSSR count). The molecule has 1 saturated carbocycles. The van der Waals surface area contributed by atoms with Crippen molar-refractivity contribution in [1.82, 2.24) is 4.90 Å². The first kappa shape index (κ1) is 28.7. The van der Waals surface area contributed by atoms with Crippen LogP contribution < -0.4 is 0 Å². The molecule has 1 aliphatic heterocycles. The minimum Gasteiger partial charge on any atom is -0.243 e. The minimum atomic E-state index is -9.25. The van der Waals surface area contributed by atoms with Gasteiger partial charge < -0.3 is 0 Å². The first-order valence-electron chi connectivity index (χ1n) is 7.30. The van der Waals surface area contributed by atoms with Crippen LogP contribution in [-0.4, -0.2) is 70.5 Å². The second kappa shape index (κ2) is 6.22. The number of hydrogen-bond donors (Lipinski definition) is 0. The lowest BCUT2D eigenvalue weighted by atomic mass is 9.90. The summed E-state index contributed by atoms with van der Waals surface area (Å²) in [5.74, 6) is -62.5. The van der Waals surface area contributed by atoms with Crippen molar-refractivity contribution in [3.8, 4) is 0 Å². The summed E-state index contributed by atoms with van der Waals surface area (Å²) in [5, 5.41) is 0. The predicted octanol–water partition coefficient (Wildman–Crippen LogP) is 6.18. The lowest BCUT2D eigenvalue weighted by Crippen LogP contribution is -2.86. The van der Waals surface area contributed by atoms with Crippen LogP contribution in [0.2, 0.25) is 0 Å². The maximum Gasteiger partial charge on any atom is 0.439 e. The highest BCUT2D eigenvalue weighted by Crippen LogP contribution is 2.73. The molecule has 34 heavy (non-hydrogen) atoms. The molecule has 1 heterocycles. The van der Waals surface area contributed by atoms with Crippen molar-refractivity contribution in [2.24, 2.45) is 0 Å². The van der Waals surface area contributed by atoms with Crippen molar-refractivity contribution in [1.29, 1.82) is 0 Å². The Balaban J connectivity index is 3.23. The first-order chi connectivity index (χ1) is 14.3. The maximum absolute atomic E-state index is 14.7. The van der Waals surface area contributed by atoms with Crippen molar-refractivity contribution in [2.75, 3.05) is 0 Å². The second-order valence-electron chi connectivity index (χ2n) is 6.62. The van der Waals surface area contributed by atoms with E-state index in [2.05, 4.69) is 0 Å². The van der Waals surface area contributed by atoms with Gasteiger partial charge in [-0.05, 0) is 0 Å². The Kier molecular flexibility index (Phi) is 5.25. The molecule has 0 bridgehead atoms. The molecule has 0 radical (unpaired) electrons. The van der Waals surface area contributed by atoms with E-state index < -0.39 is 70.5 Å². The molecule has 202 valence electrons. The number of hydrogen-bond acceptors (Lipinski definition) is 2. The third-order valence-electron chi connectivity index (χ3n) is 4.63. The molecule has 0 unspecified atom stereocenters. The van der Waals surface area contributed by atoms with E-state index in [4.69, 9.17) is 0 Å². The van der Waals surface area contributed by atoms with Gasteiger partial charge in [0.1, 0.15) is 0 Å². The summed E-state index contributed by atoms with van der Waals surface area (Å²) in [6.45, 7) is 0. The highest BCUT2D eigenvalue weighted by Gasteiger charge is 3.06. The van der Waals surface area contributed by atoms with Gasteiger partial charge in [0.05, 0.1) is 0 Å². The summed E-state index contributed by atoms with van der Waals surface area (Å²) in [6.07, 6.45) is -15.3. The van der Waals surface area contributed by atoms with Gasteiger partial charge in [-0.25, -0.2) is 9.13 Å². The monoisotopic (exact) mass is 561 g/mol. The average Bonchev–Trinajstić information content (AvgIpc) is 2.57. The zero-order chi connectivity index (χ0) is 27.8. The smallest absolute Gasteiger partial charge is 0.243 e. The zero-order valence-corrected chi connectivity index (χ0v) is 14.3. The van der Waals surface area contributed by atoms with Gasteiger partial charge in [-0.15, -0.1) is 4.90 Å². The van der Waals surface area contributed by atoms with Crippen molar-refractivity contribution in [3.63, 3.8) is 0 Å². The van der Waals surface area contributed by atoms with Crippen LogP contribution >= 0.6 is 0 Å². The Hall–Kier alpha value is -1.55. The number of rotatable bonds is 1. The third-order valence-corrected chi connectivity index (χ3v) is 4.63. The fourth-order valence-electron chi connectivity index (χ4n) is 2.79. The highest BCUT2D eigenvalue weighted by molar-refractivity contribution is 5.27. The summed E-state index contributed by atoms with van der Waals surface area (Å²) in [6, 6.07) is -16.5. The molecule has 0 spiro atoms. The summed E-state index contributed by atoms with van der Waals surface area (Å²) in [7, 11) is 0. The Morgan fingerprint density at radius 1 is 0.324 bits per heavy atom. The fourth-order valence-corrected chi connectivity index (χ4v) is 2.79. The molecule has 0 aromatic carbocycles. The molecule has 0 aromatic heterocycles. The van der Waals surface area contributed by atoms with Crippen molar-refractivity contribution < 1.29 is 96.9 Å². The Labute approximate surface area is 169 Å². The number of halogens is 21. The van der Waals surface area contributed by atoms with Crippen LogP contribution in [0.5, 0.6) is 0 Å². The molecule has 2 fully saturated rings. The number of ether oxygens (including phenoxy) is 1. The van der Waals surface area contributed by atoms with E-state index in [0.717, 1.165) is 0 Å². The van der Waals surface area contributed by atoms with Crippen LogP contribution in [0.3, 0.4) is 0 Å². The lowest BCUT2D eigenvalue weighted by Gasteiger charge is -2.55. The molecule has 0 amide bonds. The van der Waals surface area contributed by atoms with E-state index in [-0.39, 0.29) is 0 Å². The summed E-state index contributed by atoms with van der Waals surface area (Å²) >= 11 is 0. The van der Waals surface area contributed by atoms with Crippen molar-refractivity contribution in [3.05, 3.63) is 0 Å². The number of alkyl halides is 21. The molecule has 0 N–H and O–H groups in total. The fraction of sp³-hybridized carbons (Fsp3) is 1.00. The summed E-state index contributed by atoms with van der Waals surface area (Å²) in [5.41, 5.74) is 0. The summed E-state index contributed by atoms with van der Waals surface area (Å²) < 4.78 is 287. The maximum atomic E-state index is 14.7. The molecule has 0 aromatic rings. The van der Waals surface area contributed by atoms with E-state index >= 15 is 0 Å². The van der Waals surface area contributed by atoms with E-state index in [0.29, 0.717) is 0 Å². The number of nitrogens with zero attached hydrogens (tertiary/aromatic N) is 1. The van der Waals surface area contributed by atoms with E-state index in [1.807, 2.05) is 0 Å². The minimum absolute atomic E-state index is 1.48. The van der Waals surface area contributed by atoms with Crippen LogP contribution in [0.25, 0.3) is 0 Å². The molecule has 1 aliphatic carbocycles. The van der Waals surface area contributed by atoms with Crippen LogP contribution in [0.4, 0.5) is 92.2 Å². The summed E-state index contributed by atoms with van der Waals surface area (Å²) in [4.78, 5) is -5.00.